The van der Waals surface area contributed by atoms with E-state index in [1.54, 1.807) is 30.5 Å². The van der Waals surface area contributed by atoms with Crippen LogP contribution < -0.4 is 21.7 Å². The van der Waals surface area contributed by atoms with Crippen molar-refractivity contribution in [2.45, 2.75) is 51.6 Å². The Hall–Kier alpha value is -4.22. The van der Waals surface area contributed by atoms with Gasteiger partial charge in [0.15, 0.2) is 0 Å². The minimum absolute atomic E-state index is 0.0227. The number of aliphatic imine (C=N–C) groups is 2. The third-order valence-corrected chi connectivity index (χ3v) is 7.06. The van der Waals surface area contributed by atoms with E-state index >= 15 is 0 Å². The Morgan fingerprint density at radius 1 is 1.21 bits per heavy atom. The maximum Gasteiger partial charge on any atom is 0.326 e. The molecule has 3 unspecified atom stereocenters. The van der Waals surface area contributed by atoms with Crippen molar-refractivity contribution in [1.29, 1.82) is 0 Å². The van der Waals surface area contributed by atoms with Crippen molar-refractivity contribution in [2.24, 2.45) is 27.6 Å². The van der Waals surface area contributed by atoms with Crippen molar-refractivity contribution < 1.29 is 24.3 Å². The fourth-order valence-corrected chi connectivity index (χ4v) is 4.98. The minimum atomic E-state index is -1.10. The number of aliphatic carboxylic acids is 1. The van der Waals surface area contributed by atoms with Gasteiger partial charge in [-0.15, -0.1) is 0 Å². The van der Waals surface area contributed by atoms with Crippen LogP contribution in [0, 0.1) is 11.8 Å². The van der Waals surface area contributed by atoms with E-state index in [2.05, 4.69) is 25.9 Å². The van der Waals surface area contributed by atoms with Crippen LogP contribution in [0.2, 0.25) is 0 Å². The summed E-state index contributed by atoms with van der Waals surface area (Å²) in [5.74, 6) is -1.88. The molecule has 38 heavy (non-hydrogen) atoms. The predicted octanol–water partition coefficient (Wildman–Crippen LogP) is 1.07. The number of likely N-dealkylation sites (tertiary alicyclic amines) is 1. The van der Waals surface area contributed by atoms with Gasteiger partial charge in [-0.25, -0.2) is 9.79 Å². The van der Waals surface area contributed by atoms with Crippen LogP contribution in [-0.2, 0) is 14.4 Å². The summed E-state index contributed by atoms with van der Waals surface area (Å²) < 4.78 is 0. The summed E-state index contributed by atoms with van der Waals surface area (Å²) in [6.07, 6.45) is 3.95. The first kappa shape index (κ1) is 26.8. The van der Waals surface area contributed by atoms with Crippen LogP contribution in [0.25, 0.3) is 0 Å². The molecule has 3 aliphatic heterocycles. The number of nitrogens with zero attached hydrogens (tertiary/aromatic N) is 3. The largest absolute Gasteiger partial charge is 0.480 e. The SMILES string of the molecule is CC1CC(C)N(CCCC[C@H](NC(=O)c2ccc(NCC3=CN=C4N=C(N)NC(=O)C34)cc2)C(=O)O)C1=O. The highest BCUT2D eigenvalue weighted by Crippen LogP contribution is 2.25. The number of carbonyl (C=O) groups is 4. The lowest BCUT2D eigenvalue weighted by molar-refractivity contribution is -0.139. The monoisotopic (exact) mass is 523 g/mol. The first-order valence-corrected chi connectivity index (χ1v) is 12.7. The van der Waals surface area contributed by atoms with Gasteiger partial charge in [-0.3, -0.25) is 19.7 Å². The molecule has 1 aromatic rings. The van der Waals surface area contributed by atoms with E-state index in [0.717, 1.165) is 12.0 Å². The van der Waals surface area contributed by atoms with Gasteiger partial charge in [-0.05, 0) is 62.4 Å². The summed E-state index contributed by atoms with van der Waals surface area (Å²) in [5.41, 5.74) is 7.34. The lowest BCUT2D eigenvalue weighted by atomic mass is 9.98. The number of benzene rings is 1. The second-order valence-electron chi connectivity index (χ2n) is 9.92. The van der Waals surface area contributed by atoms with E-state index in [0.29, 0.717) is 43.0 Å². The summed E-state index contributed by atoms with van der Waals surface area (Å²) in [4.78, 5) is 58.9. The molecule has 0 aromatic heterocycles. The van der Waals surface area contributed by atoms with E-state index < -0.39 is 23.8 Å². The number of carbonyl (C=O) groups excluding carboxylic acids is 3. The van der Waals surface area contributed by atoms with E-state index in [1.807, 2.05) is 18.7 Å². The van der Waals surface area contributed by atoms with Crippen LogP contribution in [-0.4, -0.2) is 70.7 Å². The second kappa shape index (κ2) is 11.4. The third kappa shape index (κ3) is 6.01. The number of amidine groups is 1. The van der Waals surface area contributed by atoms with Crippen molar-refractivity contribution in [3.05, 3.63) is 41.6 Å². The Kier molecular flexibility index (Phi) is 8.08. The molecule has 1 saturated heterocycles. The van der Waals surface area contributed by atoms with Gasteiger partial charge in [-0.2, -0.15) is 4.99 Å². The third-order valence-electron chi connectivity index (χ3n) is 7.06. The molecule has 1 fully saturated rings. The van der Waals surface area contributed by atoms with Crippen LogP contribution >= 0.6 is 0 Å². The number of hydrogen-bond acceptors (Lipinski definition) is 8. The number of anilines is 1. The molecule has 3 amide bonds. The number of amides is 3. The van der Waals surface area contributed by atoms with Gasteiger partial charge in [0.05, 0.1) is 0 Å². The maximum absolute atomic E-state index is 12.7. The minimum Gasteiger partial charge on any atom is -0.480 e. The molecule has 3 aliphatic rings. The van der Waals surface area contributed by atoms with E-state index in [4.69, 9.17) is 5.73 Å². The van der Waals surface area contributed by atoms with Crippen molar-refractivity contribution in [3.63, 3.8) is 0 Å². The molecule has 4 atom stereocenters. The summed E-state index contributed by atoms with van der Waals surface area (Å²) in [6, 6.07) is 5.78. The molecule has 1 aromatic carbocycles. The number of fused-ring (bicyclic) bond motifs is 1. The molecule has 4 rings (SSSR count). The molecule has 0 saturated carbocycles. The molecule has 3 heterocycles. The van der Waals surface area contributed by atoms with Crippen molar-refractivity contribution >= 4 is 41.2 Å². The molecule has 0 radical (unpaired) electrons. The van der Waals surface area contributed by atoms with Crippen LogP contribution in [0.5, 0.6) is 0 Å². The maximum atomic E-state index is 12.7. The van der Waals surface area contributed by atoms with Gasteiger partial charge < -0.3 is 26.4 Å². The Morgan fingerprint density at radius 3 is 2.61 bits per heavy atom. The van der Waals surface area contributed by atoms with Gasteiger partial charge in [0.1, 0.15) is 17.8 Å². The molecule has 0 bridgehead atoms. The van der Waals surface area contributed by atoms with Crippen LogP contribution in [0.4, 0.5) is 5.69 Å². The topological polar surface area (TPSA) is 179 Å². The average Bonchev–Trinajstić information content (AvgIpc) is 3.39. The summed E-state index contributed by atoms with van der Waals surface area (Å²) in [5, 5.41) is 17.9. The molecular formula is C26H33N7O5. The first-order valence-electron chi connectivity index (χ1n) is 12.7. The van der Waals surface area contributed by atoms with Crippen LogP contribution in [0.15, 0.2) is 46.0 Å². The Balaban J connectivity index is 1.24. The van der Waals surface area contributed by atoms with Gasteiger partial charge in [0.25, 0.3) is 5.91 Å². The van der Waals surface area contributed by atoms with E-state index in [9.17, 15) is 24.3 Å². The number of guanidine groups is 1. The number of unbranched alkanes of at least 4 members (excludes halogenated alkanes) is 1. The normalized spacial score (nSPS) is 23.2. The molecule has 0 aliphatic carbocycles. The van der Waals surface area contributed by atoms with Gasteiger partial charge >= 0.3 is 5.97 Å². The highest BCUT2D eigenvalue weighted by atomic mass is 16.4. The Labute approximate surface area is 220 Å². The molecule has 6 N–H and O–H groups in total. The highest BCUT2D eigenvalue weighted by molar-refractivity contribution is 6.19. The summed E-state index contributed by atoms with van der Waals surface area (Å²) >= 11 is 0. The zero-order valence-electron chi connectivity index (χ0n) is 21.4. The number of nitrogens with one attached hydrogen (secondary N) is 3. The summed E-state index contributed by atoms with van der Waals surface area (Å²) in [6.45, 7) is 4.89. The Morgan fingerprint density at radius 2 is 1.95 bits per heavy atom. The fraction of sp³-hybridized carbons (Fsp3) is 0.462. The van der Waals surface area contributed by atoms with E-state index in [-0.39, 0.29) is 36.2 Å². The van der Waals surface area contributed by atoms with Gasteiger partial charge in [0.2, 0.25) is 17.8 Å². The average molecular weight is 524 g/mol. The molecule has 0 spiro atoms. The predicted molar refractivity (Wildman–Crippen MR) is 141 cm³/mol. The fourth-order valence-electron chi connectivity index (χ4n) is 4.98. The van der Waals surface area contributed by atoms with Gasteiger partial charge in [0, 0.05) is 42.5 Å². The zero-order valence-corrected chi connectivity index (χ0v) is 21.4. The molecular weight excluding hydrogens is 490 g/mol. The first-order chi connectivity index (χ1) is 18.1. The van der Waals surface area contributed by atoms with Crippen LogP contribution in [0.1, 0.15) is 49.9 Å². The summed E-state index contributed by atoms with van der Waals surface area (Å²) in [7, 11) is 0. The number of rotatable bonds is 11. The molecule has 202 valence electrons. The van der Waals surface area contributed by atoms with Crippen molar-refractivity contribution in [3.8, 4) is 0 Å². The number of nitrogens with two attached hydrogens (primary N) is 1. The second-order valence-corrected chi connectivity index (χ2v) is 9.92. The quantitative estimate of drug-likeness (QED) is 0.269. The van der Waals surface area contributed by atoms with Crippen LogP contribution in [0.3, 0.4) is 0 Å². The van der Waals surface area contributed by atoms with Gasteiger partial charge in [-0.1, -0.05) is 6.92 Å². The lowest BCUT2D eigenvalue weighted by Crippen LogP contribution is -2.47. The highest BCUT2D eigenvalue weighted by Gasteiger charge is 2.35. The zero-order chi connectivity index (χ0) is 27.4. The number of carboxylic acid groups (broad SMARTS) is 1. The standard InChI is InChI=1S/C26H33N7O5/c1-14-11-15(2)33(24(14)36)10-4-3-5-19(25(37)38)30-22(34)16-6-8-18(9-7-16)28-12-17-13-29-21-20(17)23(35)32-26(27)31-21/h6-9,13-15,19-20,28H,3-5,10-12H2,1-2H3,(H,30,34)(H,37,38)(H3,27,29,31,32,35)/t14?,15?,19-,20?/m0/s1. The molecule has 12 heteroatoms. The number of hydrogen-bond donors (Lipinski definition) is 5. The lowest BCUT2D eigenvalue weighted by Gasteiger charge is -2.22. The smallest absolute Gasteiger partial charge is 0.326 e. The van der Waals surface area contributed by atoms with Crippen molar-refractivity contribution in [2.75, 3.05) is 18.4 Å². The Bertz CT molecular complexity index is 1210. The van der Waals surface area contributed by atoms with E-state index in [1.165, 1.54) is 0 Å². The molecule has 12 nitrogen and oxygen atoms in total. The van der Waals surface area contributed by atoms with Crippen molar-refractivity contribution in [1.82, 2.24) is 15.5 Å². The number of carboxylic acids is 1.